The van der Waals surface area contributed by atoms with E-state index in [4.69, 9.17) is 14.6 Å². The van der Waals surface area contributed by atoms with Crippen LogP contribution in [0.3, 0.4) is 0 Å². The molecule has 0 radical (unpaired) electrons. The van der Waals surface area contributed by atoms with Gasteiger partial charge in [0.15, 0.2) is 5.60 Å². The van der Waals surface area contributed by atoms with Crippen LogP contribution in [-0.4, -0.2) is 42.8 Å². The Hall–Kier alpha value is -3.65. The Kier molecular flexibility index (Phi) is 6.93. The molecule has 0 aliphatic rings. The lowest BCUT2D eigenvalue weighted by atomic mass is 10.0. The van der Waals surface area contributed by atoms with Crippen LogP contribution in [0.5, 0.6) is 5.75 Å². The summed E-state index contributed by atoms with van der Waals surface area (Å²) in [6, 6.07) is 15.8. The molecule has 0 aliphatic carbocycles. The largest absolute Gasteiger partial charge is 0.493 e. The van der Waals surface area contributed by atoms with Gasteiger partial charge in [0.2, 0.25) is 0 Å². The minimum Gasteiger partial charge on any atom is -0.493 e. The lowest BCUT2D eigenvalue weighted by Crippen LogP contribution is -2.37. The highest BCUT2D eigenvalue weighted by atomic mass is 16.5. The van der Waals surface area contributed by atoms with E-state index >= 15 is 0 Å². The first kappa shape index (κ1) is 24.5. The summed E-state index contributed by atoms with van der Waals surface area (Å²) >= 11 is 0. The van der Waals surface area contributed by atoms with Gasteiger partial charge in [-0.25, -0.2) is 9.48 Å². The van der Waals surface area contributed by atoms with Crippen molar-refractivity contribution in [1.29, 1.82) is 0 Å². The number of fused-ring (bicyclic) bond motifs is 1. The highest BCUT2D eigenvalue weighted by molar-refractivity contribution is 5.87. The van der Waals surface area contributed by atoms with Crippen LogP contribution in [0.25, 0.3) is 27.8 Å². The minimum atomic E-state index is -1.28. The van der Waals surface area contributed by atoms with Crippen molar-refractivity contribution in [1.82, 2.24) is 19.6 Å². The van der Waals surface area contributed by atoms with Crippen LogP contribution < -0.4 is 4.74 Å². The van der Waals surface area contributed by atoms with E-state index in [0.717, 1.165) is 33.6 Å². The molecule has 1 unspecified atom stereocenters. The summed E-state index contributed by atoms with van der Waals surface area (Å²) in [4.78, 5) is 11.7. The third-order valence-corrected chi connectivity index (χ3v) is 6.11. The first-order chi connectivity index (χ1) is 16.7. The van der Waals surface area contributed by atoms with Crippen LogP contribution in [0.15, 0.2) is 54.7 Å². The Balaban J connectivity index is 1.80. The molecule has 0 amide bonds. The van der Waals surface area contributed by atoms with E-state index in [1.807, 2.05) is 71.1 Å². The normalized spacial score (nSPS) is 13.3. The summed E-state index contributed by atoms with van der Waals surface area (Å²) in [5.74, 6) is 0.205. The van der Waals surface area contributed by atoms with Gasteiger partial charge in [-0.3, -0.25) is 4.68 Å². The van der Waals surface area contributed by atoms with Gasteiger partial charge in [-0.15, -0.1) is 0 Å². The number of benzene rings is 2. The maximum atomic E-state index is 11.7. The van der Waals surface area contributed by atoms with Crippen molar-refractivity contribution in [3.05, 3.63) is 60.4 Å². The molecule has 0 saturated heterocycles. The third-order valence-electron chi connectivity index (χ3n) is 6.11. The molecule has 1 N–H and O–H groups in total. The van der Waals surface area contributed by atoms with Crippen LogP contribution in [0.2, 0.25) is 0 Å². The van der Waals surface area contributed by atoms with E-state index in [2.05, 4.69) is 18.9 Å². The Labute approximate surface area is 205 Å². The number of aromatic nitrogens is 4. The summed E-state index contributed by atoms with van der Waals surface area (Å²) in [7, 11) is 1.90. The van der Waals surface area contributed by atoms with Gasteiger partial charge in [0.25, 0.3) is 0 Å². The van der Waals surface area contributed by atoms with Gasteiger partial charge in [0.1, 0.15) is 5.75 Å². The van der Waals surface area contributed by atoms with E-state index in [1.165, 1.54) is 0 Å². The van der Waals surface area contributed by atoms with Gasteiger partial charge in [-0.05, 0) is 43.5 Å². The monoisotopic (exact) mass is 476 g/mol. The van der Waals surface area contributed by atoms with Gasteiger partial charge in [0, 0.05) is 18.0 Å². The Morgan fingerprint density at radius 3 is 2.66 bits per heavy atom. The fourth-order valence-corrected chi connectivity index (χ4v) is 3.83. The number of carboxylic acid groups (broad SMARTS) is 1. The second-order valence-electron chi connectivity index (χ2n) is 9.33. The molecule has 0 aliphatic heterocycles. The van der Waals surface area contributed by atoms with E-state index < -0.39 is 11.6 Å². The molecule has 35 heavy (non-hydrogen) atoms. The molecule has 0 fully saturated rings. The van der Waals surface area contributed by atoms with Gasteiger partial charge in [-0.2, -0.15) is 10.2 Å². The van der Waals surface area contributed by atoms with E-state index in [-0.39, 0.29) is 6.61 Å². The number of hydrogen-bond donors (Lipinski definition) is 1. The predicted octanol–water partition coefficient (Wildman–Crippen LogP) is 5.23. The number of hydrogen-bond acceptors (Lipinski definition) is 5. The van der Waals surface area contributed by atoms with Gasteiger partial charge in [-0.1, -0.05) is 45.0 Å². The second kappa shape index (κ2) is 9.92. The fraction of sp³-hybridized carbons (Fsp3) is 0.370. The second-order valence-corrected chi connectivity index (χ2v) is 9.33. The minimum absolute atomic E-state index is 0.0710. The molecule has 2 heterocycles. The zero-order valence-corrected chi connectivity index (χ0v) is 20.9. The Morgan fingerprint density at radius 2 is 1.94 bits per heavy atom. The zero-order valence-electron chi connectivity index (χ0n) is 20.9. The van der Waals surface area contributed by atoms with E-state index in [1.54, 1.807) is 13.8 Å². The molecular formula is C27H32N4O4. The molecule has 8 nitrogen and oxygen atoms in total. The summed E-state index contributed by atoms with van der Waals surface area (Å²) in [6.07, 6.45) is 2.17. The highest BCUT2D eigenvalue weighted by Gasteiger charge is 2.32. The maximum absolute atomic E-state index is 11.7. The zero-order chi connectivity index (χ0) is 25.2. The fourth-order valence-electron chi connectivity index (χ4n) is 3.83. The molecule has 0 saturated carbocycles. The Morgan fingerprint density at radius 1 is 1.17 bits per heavy atom. The standard InChI is InChI=1S/C27H32N4O4/c1-6-27(4,26(32)33)35-17-21-14-24(19-9-7-11-22(13-19)34-16-18(2)3)31(29-21)23-12-8-10-20-15-28-30(5)25(20)23/h7-15,18H,6,16-17H2,1-5H3,(H,32,33). The summed E-state index contributed by atoms with van der Waals surface area (Å²) in [6.45, 7) is 8.30. The first-order valence-electron chi connectivity index (χ1n) is 11.8. The van der Waals surface area contributed by atoms with Crippen LogP contribution in [0.1, 0.15) is 39.8 Å². The lowest BCUT2D eigenvalue weighted by molar-refractivity contribution is -0.165. The van der Waals surface area contributed by atoms with Crippen molar-refractivity contribution < 1.29 is 19.4 Å². The van der Waals surface area contributed by atoms with Crippen LogP contribution >= 0.6 is 0 Å². The van der Waals surface area contributed by atoms with Crippen LogP contribution in [-0.2, 0) is 23.2 Å². The molecule has 2 aromatic heterocycles. The molecule has 0 bridgehead atoms. The average Bonchev–Trinajstić information content (AvgIpc) is 3.45. The molecule has 0 spiro atoms. The van der Waals surface area contributed by atoms with Crippen molar-refractivity contribution in [2.75, 3.05) is 6.61 Å². The number of para-hydroxylation sites is 1. The molecule has 1 atom stereocenters. The number of carbonyl (C=O) groups is 1. The van der Waals surface area contributed by atoms with Gasteiger partial charge in [0.05, 0.1) is 42.0 Å². The van der Waals surface area contributed by atoms with Crippen LogP contribution in [0.4, 0.5) is 0 Å². The number of rotatable bonds is 10. The quantitative estimate of drug-likeness (QED) is 0.337. The van der Waals surface area contributed by atoms with Gasteiger partial charge >= 0.3 is 5.97 Å². The highest BCUT2D eigenvalue weighted by Crippen LogP contribution is 2.31. The molecule has 2 aromatic carbocycles. The van der Waals surface area contributed by atoms with Crippen molar-refractivity contribution in [2.45, 2.75) is 46.3 Å². The molecule has 8 heteroatoms. The third kappa shape index (κ3) is 5.07. The summed E-state index contributed by atoms with van der Waals surface area (Å²) in [5, 5.41) is 19.9. The van der Waals surface area contributed by atoms with Crippen molar-refractivity contribution >= 4 is 16.9 Å². The average molecular weight is 477 g/mol. The number of carboxylic acids is 1. The number of nitrogens with zero attached hydrogens (tertiary/aromatic N) is 4. The maximum Gasteiger partial charge on any atom is 0.335 e. The number of ether oxygens (including phenoxy) is 2. The molecule has 184 valence electrons. The molecular weight excluding hydrogens is 444 g/mol. The van der Waals surface area contributed by atoms with Crippen molar-refractivity contribution in [3.63, 3.8) is 0 Å². The van der Waals surface area contributed by atoms with Crippen molar-refractivity contribution in [2.24, 2.45) is 13.0 Å². The molecule has 4 rings (SSSR count). The SMILES string of the molecule is CCC(C)(OCc1cc(-c2cccc(OCC(C)C)c2)n(-c2cccc3cnn(C)c23)n1)C(=O)O. The first-order valence-corrected chi connectivity index (χ1v) is 11.8. The Bertz CT molecular complexity index is 1340. The van der Waals surface area contributed by atoms with Crippen molar-refractivity contribution in [3.8, 4) is 22.7 Å². The van der Waals surface area contributed by atoms with Crippen LogP contribution in [0, 0.1) is 5.92 Å². The summed E-state index contributed by atoms with van der Waals surface area (Å²) < 4.78 is 15.5. The number of aryl methyl sites for hydroxylation is 1. The van der Waals surface area contributed by atoms with E-state index in [9.17, 15) is 9.90 Å². The summed E-state index contributed by atoms with van der Waals surface area (Å²) in [5.41, 5.74) is 2.95. The molecule has 4 aromatic rings. The topological polar surface area (TPSA) is 91.4 Å². The van der Waals surface area contributed by atoms with E-state index in [0.29, 0.717) is 24.6 Å². The predicted molar refractivity (Wildman–Crippen MR) is 135 cm³/mol. The smallest absolute Gasteiger partial charge is 0.335 e. The van der Waals surface area contributed by atoms with Gasteiger partial charge < -0.3 is 14.6 Å². The lowest BCUT2D eigenvalue weighted by Gasteiger charge is -2.22. The number of aliphatic carboxylic acids is 1.